The lowest BCUT2D eigenvalue weighted by molar-refractivity contribution is -0.284. The van der Waals surface area contributed by atoms with Crippen molar-refractivity contribution in [3.05, 3.63) is 0 Å². The zero-order valence-corrected chi connectivity index (χ0v) is 16.5. The third kappa shape index (κ3) is 5.90. The summed E-state index contributed by atoms with van der Waals surface area (Å²) in [6, 6.07) is 0. The molecule has 1 heterocycles. The minimum absolute atomic E-state index is 0.332. The molecule has 2 fully saturated rings. The third-order valence-electron chi connectivity index (χ3n) is 5.62. The highest BCUT2D eigenvalue weighted by atomic mass is 31.2. The summed E-state index contributed by atoms with van der Waals surface area (Å²) in [7, 11) is -4.84. The van der Waals surface area contributed by atoms with Crippen LogP contribution in [0, 0.1) is 29.6 Å². The van der Waals surface area contributed by atoms with Crippen LogP contribution in [0.15, 0.2) is 0 Å². The fourth-order valence-corrected chi connectivity index (χ4v) is 4.35. The minimum Gasteiger partial charge on any atom is -0.417 e. The fourth-order valence-electron chi connectivity index (χ4n) is 4.01. The SMILES string of the molecule is O=C(NCC1C2CCC#CCCC21)O[C@@H]1O[C@H](COP(=O)(O)O)[C@H](O)[C@H](O)[C@H]1O. The Balaban J connectivity index is 1.47. The van der Waals surface area contributed by atoms with Gasteiger partial charge in [0, 0.05) is 19.4 Å². The van der Waals surface area contributed by atoms with Crippen molar-refractivity contribution in [3.8, 4) is 11.8 Å². The second kappa shape index (κ2) is 9.29. The van der Waals surface area contributed by atoms with Gasteiger partial charge in [-0.1, -0.05) is 0 Å². The van der Waals surface area contributed by atoms with Crippen molar-refractivity contribution in [1.82, 2.24) is 5.32 Å². The Morgan fingerprint density at radius 3 is 2.28 bits per heavy atom. The number of hydrogen-bond acceptors (Lipinski definition) is 8. The number of aliphatic hydroxyl groups is 3. The van der Waals surface area contributed by atoms with Gasteiger partial charge in [-0.3, -0.25) is 4.52 Å². The molecule has 164 valence electrons. The molecular formula is C17H26NO10P. The molecule has 2 aliphatic carbocycles. The number of carbonyl (C=O) groups excluding carboxylic acids is 1. The maximum atomic E-state index is 12.1. The van der Waals surface area contributed by atoms with Gasteiger partial charge in [0.15, 0.2) is 0 Å². The summed E-state index contributed by atoms with van der Waals surface area (Å²) in [5, 5.41) is 32.4. The number of amides is 1. The first-order valence-electron chi connectivity index (χ1n) is 9.47. The van der Waals surface area contributed by atoms with E-state index in [0.29, 0.717) is 24.3 Å². The van der Waals surface area contributed by atoms with E-state index < -0.39 is 51.2 Å². The number of fused-ring (bicyclic) bond motifs is 1. The van der Waals surface area contributed by atoms with E-state index in [2.05, 4.69) is 21.7 Å². The lowest BCUT2D eigenvalue weighted by Crippen LogP contribution is -2.60. The van der Waals surface area contributed by atoms with Gasteiger partial charge in [-0.25, -0.2) is 9.36 Å². The molecule has 1 saturated carbocycles. The number of phosphoric ester groups is 1. The highest BCUT2D eigenvalue weighted by Crippen LogP contribution is 2.51. The van der Waals surface area contributed by atoms with E-state index in [0.717, 1.165) is 25.7 Å². The molecule has 3 aliphatic rings. The van der Waals surface area contributed by atoms with Crippen molar-refractivity contribution in [1.29, 1.82) is 0 Å². The molecule has 29 heavy (non-hydrogen) atoms. The standard InChI is InChI=1S/C17H26NO10P/c19-13-12(8-26-29(23,24)25)27-16(15(21)14(13)20)28-17(22)18-7-11-9-5-3-1-2-4-6-10(9)11/h9-16,19-21H,3-8H2,(H,18,22)(H2,23,24,25)/t9?,10?,11?,12-,13+,14+,15-,16+/m1/s1. The Morgan fingerprint density at radius 1 is 1.07 bits per heavy atom. The summed E-state index contributed by atoms with van der Waals surface area (Å²) in [6.07, 6.45) is -5.43. The molecule has 0 aromatic heterocycles. The van der Waals surface area contributed by atoms with Crippen molar-refractivity contribution in [2.75, 3.05) is 13.2 Å². The number of aliphatic hydroxyl groups excluding tert-OH is 3. The number of carbonyl (C=O) groups is 1. The molecule has 1 amide bonds. The van der Waals surface area contributed by atoms with Crippen LogP contribution in [0.1, 0.15) is 25.7 Å². The summed E-state index contributed by atoms with van der Waals surface area (Å²) in [5.74, 6) is 7.59. The lowest BCUT2D eigenvalue weighted by atomic mass is 9.99. The number of alkyl carbamates (subject to hydrolysis) is 1. The van der Waals surface area contributed by atoms with E-state index in [9.17, 15) is 24.7 Å². The van der Waals surface area contributed by atoms with Crippen molar-refractivity contribution < 1.29 is 48.5 Å². The highest BCUT2D eigenvalue weighted by Gasteiger charge is 2.49. The molecule has 0 bridgehead atoms. The first kappa shape index (κ1) is 22.5. The van der Waals surface area contributed by atoms with E-state index in [4.69, 9.17) is 19.3 Å². The zero-order valence-electron chi connectivity index (χ0n) is 15.6. The number of rotatable bonds is 6. The average Bonchev–Trinajstić information content (AvgIpc) is 3.28. The molecule has 7 atom stereocenters. The lowest BCUT2D eigenvalue weighted by Gasteiger charge is -2.39. The second-order valence-corrected chi connectivity index (χ2v) is 8.75. The van der Waals surface area contributed by atoms with Gasteiger partial charge in [-0.05, 0) is 30.6 Å². The number of nitrogens with one attached hydrogen (secondary N) is 1. The molecule has 3 rings (SSSR count). The second-order valence-electron chi connectivity index (χ2n) is 7.51. The fraction of sp³-hybridized carbons (Fsp3) is 0.824. The van der Waals surface area contributed by atoms with Crippen LogP contribution in [-0.2, 0) is 18.6 Å². The zero-order chi connectivity index (χ0) is 21.2. The number of phosphoric acid groups is 1. The minimum atomic E-state index is -4.84. The van der Waals surface area contributed by atoms with Crippen LogP contribution < -0.4 is 5.32 Å². The largest absolute Gasteiger partial charge is 0.469 e. The molecular weight excluding hydrogens is 409 g/mol. The van der Waals surface area contributed by atoms with Crippen LogP contribution in [0.2, 0.25) is 0 Å². The summed E-state index contributed by atoms with van der Waals surface area (Å²) in [4.78, 5) is 29.6. The molecule has 12 heteroatoms. The van der Waals surface area contributed by atoms with E-state index in [1.807, 2.05) is 0 Å². The van der Waals surface area contributed by atoms with Crippen molar-refractivity contribution in [2.45, 2.75) is 56.4 Å². The molecule has 2 unspecified atom stereocenters. The van der Waals surface area contributed by atoms with Crippen LogP contribution >= 0.6 is 7.82 Å². The van der Waals surface area contributed by atoms with Gasteiger partial charge in [-0.15, -0.1) is 11.8 Å². The topological polar surface area (TPSA) is 175 Å². The normalized spacial score (nSPS) is 39.2. The van der Waals surface area contributed by atoms with E-state index in [-0.39, 0.29) is 0 Å². The molecule has 0 aromatic rings. The quantitative estimate of drug-likeness (QED) is 0.226. The molecule has 0 aromatic carbocycles. The highest BCUT2D eigenvalue weighted by molar-refractivity contribution is 7.46. The van der Waals surface area contributed by atoms with Crippen molar-refractivity contribution >= 4 is 13.9 Å². The predicted octanol–water partition coefficient (Wildman–Crippen LogP) is -0.931. The third-order valence-corrected chi connectivity index (χ3v) is 6.11. The van der Waals surface area contributed by atoms with Crippen LogP contribution in [0.4, 0.5) is 4.79 Å². The van der Waals surface area contributed by atoms with Crippen molar-refractivity contribution in [2.24, 2.45) is 17.8 Å². The Hall–Kier alpha value is -1.22. The van der Waals surface area contributed by atoms with Crippen LogP contribution in [0.5, 0.6) is 0 Å². The van der Waals surface area contributed by atoms with Crippen LogP contribution in [-0.4, -0.2) is 75.1 Å². The van der Waals surface area contributed by atoms with Gasteiger partial charge >= 0.3 is 13.9 Å². The molecule has 1 aliphatic heterocycles. The first-order chi connectivity index (χ1) is 13.7. The maximum absolute atomic E-state index is 12.1. The van der Waals surface area contributed by atoms with Gasteiger partial charge in [-0.2, -0.15) is 0 Å². The number of hydrogen-bond donors (Lipinski definition) is 6. The predicted molar refractivity (Wildman–Crippen MR) is 95.9 cm³/mol. The van der Waals surface area contributed by atoms with Gasteiger partial charge in [0.1, 0.15) is 24.4 Å². The van der Waals surface area contributed by atoms with E-state index in [1.165, 1.54) is 0 Å². The number of ether oxygens (including phenoxy) is 2. The maximum Gasteiger partial charge on any atom is 0.469 e. The molecule has 1 saturated heterocycles. The molecule has 6 N–H and O–H groups in total. The van der Waals surface area contributed by atoms with Gasteiger partial charge in [0.2, 0.25) is 6.29 Å². The van der Waals surface area contributed by atoms with Crippen LogP contribution in [0.25, 0.3) is 0 Å². The Kier molecular flexibility index (Phi) is 7.19. The monoisotopic (exact) mass is 435 g/mol. The molecule has 0 spiro atoms. The Morgan fingerprint density at radius 2 is 1.69 bits per heavy atom. The van der Waals surface area contributed by atoms with Gasteiger partial charge in [0.05, 0.1) is 6.61 Å². The molecule has 0 radical (unpaired) electrons. The summed E-state index contributed by atoms with van der Waals surface area (Å²) in [5.41, 5.74) is 0. The Labute approximate surface area is 167 Å². The van der Waals surface area contributed by atoms with Crippen LogP contribution in [0.3, 0.4) is 0 Å². The average molecular weight is 435 g/mol. The van der Waals surface area contributed by atoms with Gasteiger partial charge in [0.25, 0.3) is 0 Å². The van der Waals surface area contributed by atoms with E-state index >= 15 is 0 Å². The summed E-state index contributed by atoms with van der Waals surface area (Å²) in [6.45, 7) is -0.378. The molecule has 11 nitrogen and oxygen atoms in total. The first-order valence-corrected chi connectivity index (χ1v) is 11.0. The Bertz CT molecular complexity index is 684. The van der Waals surface area contributed by atoms with E-state index in [1.54, 1.807) is 0 Å². The summed E-state index contributed by atoms with van der Waals surface area (Å²) >= 11 is 0. The smallest absolute Gasteiger partial charge is 0.417 e. The van der Waals surface area contributed by atoms with Gasteiger partial charge < -0.3 is 39.9 Å². The summed E-state index contributed by atoms with van der Waals surface area (Å²) < 4.78 is 25.2. The van der Waals surface area contributed by atoms with Crippen molar-refractivity contribution in [3.63, 3.8) is 0 Å².